The summed E-state index contributed by atoms with van der Waals surface area (Å²) in [5, 5.41) is 3.33. The number of benzene rings is 1. The van der Waals surface area contributed by atoms with E-state index in [2.05, 4.69) is 20.3 Å². The number of aromatic amines is 1. The molecular weight excluding hydrogens is 441 g/mol. The van der Waals surface area contributed by atoms with E-state index < -0.39 is 18.3 Å². The lowest BCUT2D eigenvalue weighted by Crippen LogP contribution is -2.18. The van der Waals surface area contributed by atoms with Crippen molar-refractivity contribution in [2.24, 2.45) is 0 Å². The molecule has 9 nitrogen and oxygen atoms in total. The lowest BCUT2D eigenvalue weighted by molar-refractivity contribution is -0.136. The van der Waals surface area contributed by atoms with Gasteiger partial charge in [0.05, 0.1) is 13.2 Å². The number of nitrogens with one attached hydrogen (secondary N) is 2. The number of hydrogen-bond acceptors (Lipinski definition) is 7. The summed E-state index contributed by atoms with van der Waals surface area (Å²) in [6.45, 7) is 2.28. The van der Waals surface area contributed by atoms with E-state index in [4.69, 9.17) is 15.2 Å². The summed E-state index contributed by atoms with van der Waals surface area (Å²) in [5.74, 6) is -0.0171. The van der Waals surface area contributed by atoms with Crippen LogP contribution in [0.5, 0.6) is 6.01 Å². The van der Waals surface area contributed by atoms with Crippen molar-refractivity contribution in [1.29, 1.82) is 0 Å². The van der Waals surface area contributed by atoms with Gasteiger partial charge < -0.3 is 25.5 Å². The Hall–Kier alpha value is -3.12. The maximum atomic E-state index is 12.5. The first-order chi connectivity index (χ1) is 15.8. The number of nitrogens with two attached hydrogens (primary N) is 1. The van der Waals surface area contributed by atoms with Crippen LogP contribution in [0.25, 0.3) is 11.2 Å². The third-order valence-electron chi connectivity index (χ3n) is 4.86. The van der Waals surface area contributed by atoms with Gasteiger partial charge in [-0.1, -0.05) is 24.3 Å². The van der Waals surface area contributed by atoms with E-state index in [1.165, 1.54) is 4.57 Å². The Morgan fingerprint density at radius 1 is 1.12 bits per heavy atom. The van der Waals surface area contributed by atoms with Crippen LogP contribution in [0.3, 0.4) is 0 Å². The van der Waals surface area contributed by atoms with Gasteiger partial charge in [-0.3, -0.25) is 4.57 Å². The molecule has 0 saturated carbocycles. The fraction of sp³-hybridized carbons (Fsp3) is 0.476. The second-order valence-corrected chi connectivity index (χ2v) is 7.51. The maximum absolute atomic E-state index is 12.5. The summed E-state index contributed by atoms with van der Waals surface area (Å²) < 4.78 is 48.5. The SMILES string of the molecule is COCCCNCc1ccc(Cn2c(=O)[nH]c3c(N)nc(OCCCC(F)(F)F)nc32)cc1. The number of halogens is 3. The van der Waals surface area contributed by atoms with Gasteiger partial charge in [0.2, 0.25) is 0 Å². The van der Waals surface area contributed by atoms with Gasteiger partial charge >= 0.3 is 17.9 Å². The van der Waals surface area contributed by atoms with Crippen LogP contribution in [0.1, 0.15) is 30.4 Å². The van der Waals surface area contributed by atoms with Gasteiger partial charge in [-0.25, -0.2) is 4.79 Å². The molecule has 2 heterocycles. The Balaban J connectivity index is 1.68. The number of hydrogen-bond donors (Lipinski definition) is 3. The third kappa shape index (κ3) is 7.19. The van der Waals surface area contributed by atoms with E-state index >= 15 is 0 Å². The van der Waals surface area contributed by atoms with Gasteiger partial charge in [0.1, 0.15) is 5.52 Å². The first-order valence-electron chi connectivity index (χ1n) is 10.5. The predicted molar refractivity (Wildman–Crippen MR) is 117 cm³/mol. The van der Waals surface area contributed by atoms with Gasteiger partial charge in [0, 0.05) is 26.7 Å². The minimum absolute atomic E-state index is 0.0171. The molecular formula is C21H27F3N6O3. The van der Waals surface area contributed by atoms with Crippen molar-refractivity contribution >= 4 is 17.0 Å². The van der Waals surface area contributed by atoms with Crippen LogP contribution >= 0.6 is 0 Å². The van der Waals surface area contributed by atoms with Crippen molar-refractivity contribution in [3.63, 3.8) is 0 Å². The second kappa shape index (κ2) is 11.1. The fourth-order valence-electron chi connectivity index (χ4n) is 3.20. The molecule has 0 fully saturated rings. The summed E-state index contributed by atoms with van der Waals surface area (Å²) in [4.78, 5) is 23.2. The van der Waals surface area contributed by atoms with Crippen LogP contribution in [0.4, 0.5) is 19.0 Å². The lowest BCUT2D eigenvalue weighted by atomic mass is 10.1. The molecule has 0 bridgehead atoms. The molecule has 0 aliphatic heterocycles. The average Bonchev–Trinajstić information content (AvgIpc) is 3.07. The van der Waals surface area contributed by atoms with Crippen molar-refractivity contribution in [3.8, 4) is 6.01 Å². The van der Waals surface area contributed by atoms with Gasteiger partial charge in [0.15, 0.2) is 11.5 Å². The van der Waals surface area contributed by atoms with Crippen molar-refractivity contribution in [3.05, 3.63) is 45.9 Å². The highest BCUT2D eigenvalue weighted by molar-refractivity contribution is 5.81. The molecule has 0 amide bonds. The molecule has 3 rings (SSSR count). The monoisotopic (exact) mass is 468 g/mol. The number of rotatable bonds is 12. The third-order valence-corrected chi connectivity index (χ3v) is 4.86. The number of methoxy groups -OCH3 is 1. The molecule has 0 spiro atoms. The molecule has 0 radical (unpaired) electrons. The first kappa shape index (κ1) is 24.5. The second-order valence-electron chi connectivity index (χ2n) is 7.51. The van der Waals surface area contributed by atoms with Crippen LogP contribution in [0.2, 0.25) is 0 Å². The van der Waals surface area contributed by atoms with Gasteiger partial charge in [-0.15, -0.1) is 0 Å². The minimum Gasteiger partial charge on any atom is -0.463 e. The van der Waals surface area contributed by atoms with Gasteiger partial charge in [-0.2, -0.15) is 23.1 Å². The summed E-state index contributed by atoms with van der Waals surface area (Å²) >= 11 is 0. The quantitative estimate of drug-likeness (QED) is 0.350. The largest absolute Gasteiger partial charge is 0.463 e. The molecule has 1 aromatic carbocycles. The van der Waals surface area contributed by atoms with Crippen molar-refractivity contribution in [2.45, 2.75) is 38.5 Å². The van der Waals surface area contributed by atoms with E-state index in [1.807, 2.05) is 24.3 Å². The van der Waals surface area contributed by atoms with Crippen molar-refractivity contribution in [2.75, 3.05) is 32.6 Å². The number of alkyl halides is 3. The molecule has 12 heteroatoms. The van der Waals surface area contributed by atoms with Gasteiger partial charge in [-0.05, 0) is 30.5 Å². The van der Waals surface area contributed by atoms with Gasteiger partial charge in [0.25, 0.3) is 0 Å². The van der Waals surface area contributed by atoms with E-state index in [-0.39, 0.29) is 42.6 Å². The van der Waals surface area contributed by atoms with Crippen LogP contribution in [0, 0.1) is 0 Å². The number of nitrogens with zero attached hydrogens (tertiary/aromatic N) is 3. The summed E-state index contributed by atoms with van der Waals surface area (Å²) in [6, 6.07) is 7.59. The number of fused-ring (bicyclic) bond motifs is 1. The van der Waals surface area contributed by atoms with E-state index in [0.717, 1.165) is 30.6 Å². The molecule has 0 saturated heterocycles. The van der Waals surface area contributed by atoms with Crippen molar-refractivity contribution in [1.82, 2.24) is 24.8 Å². The van der Waals surface area contributed by atoms with E-state index in [0.29, 0.717) is 6.61 Å². The highest BCUT2D eigenvalue weighted by Crippen LogP contribution is 2.22. The molecule has 0 atom stereocenters. The average molecular weight is 468 g/mol. The summed E-state index contributed by atoms with van der Waals surface area (Å²) in [5.41, 5.74) is 7.91. The molecule has 0 aliphatic rings. The topological polar surface area (TPSA) is 120 Å². The molecule has 0 unspecified atom stereocenters. The molecule has 3 aromatic rings. The zero-order valence-electron chi connectivity index (χ0n) is 18.2. The Kier molecular flexibility index (Phi) is 8.28. The number of ether oxygens (including phenoxy) is 2. The number of imidazole rings is 1. The smallest absolute Gasteiger partial charge is 0.389 e. The van der Waals surface area contributed by atoms with E-state index in [9.17, 15) is 18.0 Å². The van der Waals surface area contributed by atoms with Crippen molar-refractivity contribution < 1.29 is 22.6 Å². The molecule has 2 aromatic heterocycles. The Morgan fingerprint density at radius 2 is 1.85 bits per heavy atom. The number of nitrogen functional groups attached to an aromatic ring is 1. The highest BCUT2D eigenvalue weighted by Gasteiger charge is 2.26. The van der Waals surface area contributed by atoms with Crippen LogP contribution < -0.4 is 21.5 Å². The molecule has 33 heavy (non-hydrogen) atoms. The number of H-pyrrole nitrogens is 1. The minimum atomic E-state index is -4.26. The zero-order chi connectivity index (χ0) is 23.8. The fourth-order valence-corrected chi connectivity index (χ4v) is 3.20. The highest BCUT2D eigenvalue weighted by atomic mass is 19.4. The van der Waals surface area contributed by atoms with E-state index in [1.54, 1.807) is 7.11 Å². The van der Waals surface area contributed by atoms with Crippen LogP contribution in [-0.4, -0.2) is 52.6 Å². The Bertz CT molecular complexity index is 1100. The summed E-state index contributed by atoms with van der Waals surface area (Å²) in [7, 11) is 1.67. The number of anilines is 1. The Labute approximate surface area is 188 Å². The lowest BCUT2D eigenvalue weighted by Gasteiger charge is -2.09. The summed E-state index contributed by atoms with van der Waals surface area (Å²) in [6.07, 6.45) is -4.54. The van der Waals surface area contributed by atoms with Crippen LogP contribution in [0.15, 0.2) is 29.1 Å². The molecule has 0 aliphatic carbocycles. The zero-order valence-corrected chi connectivity index (χ0v) is 18.2. The molecule has 4 N–H and O–H groups in total. The predicted octanol–water partition coefficient (Wildman–Crippen LogP) is 2.60. The first-order valence-corrected chi connectivity index (χ1v) is 10.5. The van der Waals surface area contributed by atoms with Crippen LogP contribution in [-0.2, 0) is 17.8 Å². The Morgan fingerprint density at radius 3 is 2.55 bits per heavy atom. The molecule has 180 valence electrons. The normalized spacial score (nSPS) is 11.9. The number of aromatic nitrogens is 4. The maximum Gasteiger partial charge on any atom is 0.389 e. The standard InChI is InChI=1S/C21H27F3N6O3/c1-32-10-3-9-26-12-14-4-6-15(7-5-14)13-30-18-16(27-20(30)31)17(25)28-19(29-18)33-11-2-8-21(22,23)24/h4-7,26H,2-3,8-13H2,1H3,(H,27,31)(H2,25,28,29).